The number of hydrogen-bond acceptors (Lipinski definition) is 10. The lowest BCUT2D eigenvalue weighted by molar-refractivity contribution is 0.139. The number of ether oxygens (including phenoxy) is 3. The first kappa shape index (κ1) is 20.9. The van der Waals surface area contributed by atoms with Crippen LogP contribution in [0.3, 0.4) is 0 Å². The summed E-state index contributed by atoms with van der Waals surface area (Å²) in [4.78, 5) is 38.4. The molecule has 3 aromatic rings. The van der Waals surface area contributed by atoms with Crippen LogP contribution >= 0.6 is 0 Å². The molecule has 12 nitrogen and oxygen atoms in total. The molecule has 1 unspecified atom stereocenters. The molecule has 1 fully saturated rings. The molecule has 0 spiro atoms. The Kier molecular flexibility index (Phi) is 5.65. The van der Waals surface area contributed by atoms with Gasteiger partial charge in [0.1, 0.15) is 30.7 Å². The zero-order valence-corrected chi connectivity index (χ0v) is 18.0. The number of nitrogens with one attached hydrogen (secondary N) is 2. The van der Waals surface area contributed by atoms with E-state index in [9.17, 15) is 9.59 Å². The van der Waals surface area contributed by atoms with E-state index in [0.717, 1.165) is 0 Å². The van der Waals surface area contributed by atoms with E-state index in [4.69, 9.17) is 14.2 Å². The van der Waals surface area contributed by atoms with Gasteiger partial charge in [-0.15, -0.1) is 0 Å². The van der Waals surface area contributed by atoms with Crippen molar-refractivity contribution < 1.29 is 19.0 Å². The molecular formula is C21H23N7O5. The van der Waals surface area contributed by atoms with E-state index < -0.39 is 6.09 Å². The Morgan fingerprint density at radius 3 is 3.06 bits per heavy atom. The Bertz CT molecular complexity index is 1250. The minimum Gasteiger partial charge on any atom is -0.488 e. The van der Waals surface area contributed by atoms with Gasteiger partial charge in [0, 0.05) is 26.2 Å². The van der Waals surface area contributed by atoms with Crippen molar-refractivity contribution in [1.82, 2.24) is 24.8 Å². The fraction of sp³-hybridized carbons (Fsp3) is 0.381. The molecule has 2 N–H and O–H groups in total. The van der Waals surface area contributed by atoms with Gasteiger partial charge in [0.15, 0.2) is 17.2 Å². The Labute approximate surface area is 188 Å². The molecule has 0 bridgehead atoms. The Morgan fingerprint density at radius 1 is 1.24 bits per heavy atom. The average molecular weight is 453 g/mol. The van der Waals surface area contributed by atoms with Crippen LogP contribution in [-0.2, 0) is 11.8 Å². The molecule has 0 saturated carbocycles. The van der Waals surface area contributed by atoms with Crippen LogP contribution in [-0.4, -0.2) is 71.1 Å². The van der Waals surface area contributed by atoms with Crippen LogP contribution < -0.4 is 30.6 Å². The zero-order chi connectivity index (χ0) is 22.8. The first-order chi connectivity index (χ1) is 16.1. The van der Waals surface area contributed by atoms with Crippen LogP contribution in [0.2, 0.25) is 0 Å². The van der Waals surface area contributed by atoms with Crippen LogP contribution in [0.1, 0.15) is 0 Å². The van der Waals surface area contributed by atoms with Gasteiger partial charge in [0.2, 0.25) is 5.88 Å². The number of cyclic esters (lactones) is 1. The third-order valence-electron chi connectivity index (χ3n) is 5.34. The van der Waals surface area contributed by atoms with Crippen LogP contribution in [0.25, 0.3) is 11.2 Å². The number of fused-ring (bicyclic) bond motifs is 2. The Balaban J connectivity index is 1.10. The number of anilines is 2. The van der Waals surface area contributed by atoms with Crippen molar-refractivity contribution in [2.45, 2.75) is 6.10 Å². The highest BCUT2D eigenvalue weighted by Gasteiger charge is 2.33. The summed E-state index contributed by atoms with van der Waals surface area (Å²) < 4.78 is 18.1. The normalized spacial score (nSPS) is 17.3. The molecule has 0 aliphatic carbocycles. The summed E-state index contributed by atoms with van der Waals surface area (Å²) >= 11 is 0. The summed E-state index contributed by atoms with van der Waals surface area (Å²) in [6, 6.07) is 7.02. The van der Waals surface area contributed by atoms with E-state index >= 15 is 0 Å². The van der Waals surface area contributed by atoms with E-state index in [1.807, 2.05) is 0 Å². The lowest BCUT2D eigenvalue weighted by Gasteiger charge is -2.20. The average Bonchev–Trinajstić information content (AvgIpc) is 3.21. The van der Waals surface area contributed by atoms with Gasteiger partial charge in [0.05, 0.1) is 19.3 Å². The third-order valence-corrected chi connectivity index (χ3v) is 5.34. The van der Waals surface area contributed by atoms with E-state index in [2.05, 4.69) is 25.6 Å². The van der Waals surface area contributed by atoms with Crippen molar-refractivity contribution >= 4 is 28.9 Å². The summed E-state index contributed by atoms with van der Waals surface area (Å²) in [6.07, 6.45) is 0.527. The van der Waals surface area contributed by atoms with Crippen molar-refractivity contribution in [2.75, 3.05) is 49.6 Å². The van der Waals surface area contributed by atoms with E-state index in [0.29, 0.717) is 73.8 Å². The first-order valence-corrected chi connectivity index (χ1v) is 10.6. The fourth-order valence-corrected chi connectivity index (χ4v) is 3.63. The number of carbonyl (C=O) groups excluding carboxylic acids is 1. The number of nitrogens with zero attached hydrogens (tertiary/aromatic N) is 5. The monoisotopic (exact) mass is 453 g/mol. The van der Waals surface area contributed by atoms with Gasteiger partial charge in [-0.2, -0.15) is 4.98 Å². The van der Waals surface area contributed by atoms with Crippen molar-refractivity contribution in [2.24, 2.45) is 7.05 Å². The second-order valence-corrected chi connectivity index (χ2v) is 7.61. The lowest BCUT2D eigenvalue weighted by Crippen LogP contribution is -2.33. The smallest absolute Gasteiger partial charge is 0.416 e. The van der Waals surface area contributed by atoms with Gasteiger partial charge in [-0.05, 0) is 18.2 Å². The lowest BCUT2D eigenvalue weighted by atomic mass is 10.3. The highest BCUT2D eigenvalue weighted by atomic mass is 16.6. The largest absolute Gasteiger partial charge is 0.488 e. The summed E-state index contributed by atoms with van der Waals surface area (Å²) in [5.74, 6) is 2.23. The third kappa shape index (κ3) is 4.37. The first-order valence-electron chi connectivity index (χ1n) is 10.6. The van der Waals surface area contributed by atoms with E-state index in [1.165, 1.54) is 15.7 Å². The molecule has 2 aliphatic heterocycles. The highest BCUT2D eigenvalue weighted by Crippen LogP contribution is 2.29. The standard InChI is InChI=1S/C21H23N7O5/c1-27-18(29)11-24-14-2-5-17(26-20(14)27)32-8-6-22-10-13-12-28(21(30)33-13)16-4-3-15-19(25-16)23-7-9-31-15/h2-5,11,13,22H,6-10,12H2,1H3,(H,23,25). The minimum atomic E-state index is -0.429. The van der Waals surface area contributed by atoms with E-state index in [1.54, 1.807) is 31.3 Å². The van der Waals surface area contributed by atoms with Crippen LogP contribution in [0, 0.1) is 0 Å². The van der Waals surface area contributed by atoms with Gasteiger partial charge >= 0.3 is 6.09 Å². The van der Waals surface area contributed by atoms with Crippen molar-refractivity contribution in [3.05, 3.63) is 40.8 Å². The number of rotatable bonds is 7. The molecule has 0 radical (unpaired) electrons. The molecule has 5 heterocycles. The molecule has 0 aromatic carbocycles. The number of aryl methyl sites for hydroxylation is 1. The van der Waals surface area contributed by atoms with Crippen molar-refractivity contribution in [3.8, 4) is 11.6 Å². The molecule has 1 saturated heterocycles. The molecule has 3 aromatic heterocycles. The van der Waals surface area contributed by atoms with E-state index in [-0.39, 0.29) is 11.7 Å². The predicted octanol–water partition coefficient (Wildman–Crippen LogP) is 0.522. The van der Waals surface area contributed by atoms with Gasteiger partial charge in [-0.1, -0.05) is 0 Å². The van der Waals surface area contributed by atoms with Crippen molar-refractivity contribution in [1.29, 1.82) is 0 Å². The molecule has 1 amide bonds. The van der Waals surface area contributed by atoms with Crippen LogP contribution in [0.15, 0.2) is 35.3 Å². The fourth-order valence-electron chi connectivity index (χ4n) is 3.63. The predicted molar refractivity (Wildman–Crippen MR) is 119 cm³/mol. The summed E-state index contributed by atoms with van der Waals surface area (Å²) in [7, 11) is 1.64. The zero-order valence-electron chi connectivity index (χ0n) is 18.0. The van der Waals surface area contributed by atoms with Gasteiger partial charge in [-0.3, -0.25) is 14.3 Å². The van der Waals surface area contributed by atoms with Crippen LogP contribution in [0.4, 0.5) is 16.4 Å². The topological polar surface area (TPSA) is 133 Å². The Hall–Kier alpha value is -3.93. The van der Waals surface area contributed by atoms with Gasteiger partial charge in [-0.25, -0.2) is 14.8 Å². The SMILES string of the molecule is Cn1c(=O)cnc2ccc(OCCNCC3CN(c4ccc5c(n4)NCCO5)C(=O)O3)nc21. The Morgan fingerprint density at radius 2 is 2.15 bits per heavy atom. The van der Waals surface area contributed by atoms with Crippen molar-refractivity contribution in [3.63, 3.8) is 0 Å². The maximum absolute atomic E-state index is 12.3. The maximum Gasteiger partial charge on any atom is 0.416 e. The summed E-state index contributed by atoms with van der Waals surface area (Å²) in [6.45, 7) is 3.01. The van der Waals surface area contributed by atoms with Crippen LogP contribution in [0.5, 0.6) is 11.6 Å². The molecule has 2 aliphatic rings. The highest BCUT2D eigenvalue weighted by molar-refractivity contribution is 5.89. The van der Waals surface area contributed by atoms with Gasteiger partial charge < -0.3 is 24.8 Å². The van der Waals surface area contributed by atoms with Gasteiger partial charge in [0.25, 0.3) is 5.56 Å². The molecule has 5 rings (SSSR count). The quantitative estimate of drug-likeness (QED) is 0.488. The molecule has 172 valence electrons. The number of hydrogen-bond donors (Lipinski definition) is 2. The number of carbonyl (C=O) groups is 1. The number of amides is 1. The summed E-state index contributed by atoms with van der Waals surface area (Å²) in [5, 5.41) is 6.38. The number of aromatic nitrogens is 4. The molecule has 33 heavy (non-hydrogen) atoms. The maximum atomic E-state index is 12.3. The molecule has 1 atom stereocenters. The molecule has 12 heteroatoms. The molecular weight excluding hydrogens is 430 g/mol. The second kappa shape index (κ2) is 8.90. The summed E-state index contributed by atoms with van der Waals surface area (Å²) in [5.41, 5.74) is 0.847. The number of pyridine rings is 2. The second-order valence-electron chi connectivity index (χ2n) is 7.61. The minimum absolute atomic E-state index is 0.232.